The zero-order chi connectivity index (χ0) is 20.0. The molecule has 152 valence electrons. The summed E-state index contributed by atoms with van der Waals surface area (Å²) in [5.41, 5.74) is 1.92. The van der Waals surface area contributed by atoms with Crippen LogP contribution in [0.5, 0.6) is 0 Å². The van der Waals surface area contributed by atoms with Crippen molar-refractivity contribution in [3.63, 3.8) is 0 Å². The molecule has 1 saturated heterocycles. The number of sulfone groups is 1. The van der Waals surface area contributed by atoms with Gasteiger partial charge in [0.15, 0.2) is 0 Å². The minimum atomic E-state index is -3.57. The first-order valence-electron chi connectivity index (χ1n) is 10.2. The van der Waals surface area contributed by atoms with Gasteiger partial charge in [-0.3, -0.25) is 0 Å². The normalized spacial score (nSPS) is 14.9. The molecule has 0 aliphatic carbocycles. The number of anilines is 2. The molecule has 0 atom stereocenters. The largest absolute Gasteiger partial charge is 0.370 e. The maximum absolute atomic E-state index is 13.4. The molecule has 0 aromatic heterocycles. The maximum atomic E-state index is 13.4. The van der Waals surface area contributed by atoms with E-state index in [1.807, 2.05) is 12.1 Å². The third-order valence-corrected chi connectivity index (χ3v) is 6.91. The van der Waals surface area contributed by atoms with Crippen LogP contribution in [0.3, 0.4) is 0 Å². The van der Waals surface area contributed by atoms with Crippen LogP contribution in [0.2, 0.25) is 0 Å². The molecule has 0 bridgehead atoms. The Balaban J connectivity index is 2.09. The number of hydrogen-bond donors (Lipinski definition) is 1. The quantitative estimate of drug-likeness (QED) is 0.733. The second kappa shape index (κ2) is 9.43. The minimum absolute atomic E-state index is 0.346. The molecule has 0 amide bonds. The highest BCUT2D eigenvalue weighted by Crippen LogP contribution is 2.34. The number of rotatable bonds is 8. The molecule has 0 unspecified atom stereocenters. The van der Waals surface area contributed by atoms with E-state index in [0.29, 0.717) is 9.79 Å². The SMILES string of the molecule is CCCN(CCC)c1cc(N2CCNCC2)ccc1S(=O)(=O)c1ccccc1. The van der Waals surface area contributed by atoms with Gasteiger partial charge in [0.05, 0.1) is 15.5 Å². The Morgan fingerprint density at radius 3 is 2.21 bits per heavy atom. The highest BCUT2D eigenvalue weighted by molar-refractivity contribution is 7.91. The van der Waals surface area contributed by atoms with Crippen molar-refractivity contribution < 1.29 is 8.42 Å². The average molecular weight is 402 g/mol. The van der Waals surface area contributed by atoms with Crippen LogP contribution in [0.4, 0.5) is 11.4 Å². The van der Waals surface area contributed by atoms with Crippen LogP contribution in [-0.4, -0.2) is 47.7 Å². The topological polar surface area (TPSA) is 52.6 Å². The summed E-state index contributed by atoms with van der Waals surface area (Å²) in [6.45, 7) is 9.73. The van der Waals surface area contributed by atoms with E-state index in [9.17, 15) is 8.42 Å². The fraction of sp³-hybridized carbons (Fsp3) is 0.455. The Labute approximate surface area is 169 Å². The van der Waals surface area contributed by atoms with Gasteiger partial charge in [-0.15, -0.1) is 0 Å². The van der Waals surface area contributed by atoms with E-state index in [1.54, 1.807) is 30.3 Å². The highest BCUT2D eigenvalue weighted by Gasteiger charge is 2.25. The molecule has 1 aliphatic rings. The van der Waals surface area contributed by atoms with E-state index in [0.717, 1.165) is 63.5 Å². The van der Waals surface area contributed by atoms with Gasteiger partial charge in [0.2, 0.25) is 9.84 Å². The fourth-order valence-corrected chi connectivity index (χ4v) is 5.20. The molecule has 3 rings (SSSR count). The van der Waals surface area contributed by atoms with Crippen LogP contribution in [0.25, 0.3) is 0 Å². The lowest BCUT2D eigenvalue weighted by Gasteiger charge is -2.32. The van der Waals surface area contributed by atoms with Crippen LogP contribution in [-0.2, 0) is 9.84 Å². The molecule has 1 aliphatic heterocycles. The van der Waals surface area contributed by atoms with Crippen molar-refractivity contribution >= 4 is 21.2 Å². The lowest BCUT2D eigenvalue weighted by Crippen LogP contribution is -2.43. The summed E-state index contributed by atoms with van der Waals surface area (Å²) in [4.78, 5) is 5.30. The first-order chi connectivity index (χ1) is 13.6. The number of nitrogens with one attached hydrogen (secondary N) is 1. The van der Waals surface area contributed by atoms with Gasteiger partial charge in [-0.2, -0.15) is 0 Å². The molecule has 1 heterocycles. The van der Waals surface area contributed by atoms with Gasteiger partial charge < -0.3 is 15.1 Å². The predicted molar refractivity (Wildman–Crippen MR) is 116 cm³/mol. The molecule has 2 aromatic carbocycles. The summed E-state index contributed by atoms with van der Waals surface area (Å²) >= 11 is 0. The van der Waals surface area contributed by atoms with Crippen LogP contribution >= 0.6 is 0 Å². The van der Waals surface area contributed by atoms with Gasteiger partial charge in [-0.25, -0.2) is 8.42 Å². The van der Waals surface area contributed by atoms with Gasteiger partial charge in [0, 0.05) is 45.0 Å². The summed E-state index contributed by atoms with van der Waals surface area (Å²) in [5, 5.41) is 3.37. The Bertz CT molecular complexity index is 857. The number of benzene rings is 2. The van der Waals surface area contributed by atoms with Gasteiger partial charge in [-0.1, -0.05) is 32.0 Å². The second-order valence-electron chi connectivity index (χ2n) is 7.19. The number of nitrogens with zero attached hydrogens (tertiary/aromatic N) is 2. The molecule has 0 radical (unpaired) electrons. The molecule has 0 saturated carbocycles. The van der Waals surface area contributed by atoms with E-state index in [-0.39, 0.29) is 0 Å². The van der Waals surface area contributed by atoms with Crippen molar-refractivity contribution in [2.45, 2.75) is 36.5 Å². The maximum Gasteiger partial charge on any atom is 0.208 e. The van der Waals surface area contributed by atoms with E-state index in [2.05, 4.69) is 35.0 Å². The summed E-state index contributed by atoms with van der Waals surface area (Å²) in [5.74, 6) is 0. The lowest BCUT2D eigenvalue weighted by atomic mass is 10.2. The van der Waals surface area contributed by atoms with E-state index >= 15 is 0 Å². The van der Waals surface area contributed by atoms with Crippen molar-refractivity contribution in [3.05, 3.63) is 48.5 Å². The third-order valence-electron chi connectivity index (χ3n) is 5.10. The Morgan fingerprint density at radius 1 is 0.964 bits per heavy atom. The third kappa shape index (κ3) is 4.50. The molecular formula is C22H31N3O2S. The van der Waals surface area contributed by atoms with E-state index in [4.69, 9.17) is 0 Å². The molecular weight excluding hydrogens is 370 g/mol. The minimum Gasteiger partial charge on any atom is -0.370 e. The van der Waals surface area contributed by atoms with Crippen molar-refractivity contribution in [1.82, 2.24) is 5.32 Å². The summed E-state index contributed by atoms with van der Waals surface area (Å²) in [6, 6.07) is 14.6. The monoisotopic (exact) mass is 401 g/mol. The first kappa shape index (κ1) is 20.7. The second-order valence-corrected chi connectivity index (χ2v) is 9.11. The zero-order valence-corrected chi connectivity index (χ0v) is 17.7. The fourth-order valence-electron chi connectivity index (χ4n) is 3.72. The van der Waals surface area contributed by atoms with Gasteiger partial charge in [0.25, 0.3) is 0 Å². The number of piperazine rings is 1. The molecule has 1 fully saturated rings. The van der Waals surface area contributed by atoms with Crippen molar-refractivity contribution in [3.8, 4) is 0 Å². The smallest absolute Gasteiger partial charge is 0.208 e. The van der Waals surface area contributed by atoms with Gasteiger partial charge in [-0.05, 0) is 43.2 Å². The molecule has 5 nitrogen and oxygen atoms in total. The zero-order valence-electron chi connectivity index (χ0n) is 16.9. The average Bonchev–Trinajstić information content (AvgIpc) is 2.74. The summed E-state index contributed by atoms with van der Waals surface area (Å²) in [7, 11) is -3.57. The molecule has 0 spiro atoms. The molecule has 1 N–H and O–H groups in total. The van der Waals surface area contributed by atoms with E-state index < -0.39 is 9.84 Å². The Hall–Kier alpha value is -2.05. The molecule has 2 aromatic rings. The molecule has 6 heteroatoms. The van der Waals surface area contributed by atoms with Crippen molar-refractivity contribution in [2.75, 3.05) is 49.1 Å². The first-order valence-corrected chi connectivity index (χ1v) is 11.7. The van der Waals surface area contributed by atoms with Crippen molar-refractivity contribution in [2.24, 2.45) is 0 Å². The Kier molecular flexibility index (Phi) is 6.97. The summed E-state index contributed by atoms with van der Waals surface area (Å²) < 4.78 is 26.8. The Morgan fingerprint density at radius 2 is 1.61 bits per heavy atom. The lowest BCUT2D eigenvalue weighted by molar-refractivity contribution is 0.588. The highest BCUT2D eigenvalue weighted by atomic mass is 32.2. The summed E-state index contributed by atoms with van der Waals surface area (Å²) in [6.07, 6.45) is 1.95. The van der Waals surface area contributed by atoms with Gasteiger partial charge in [0.1, 0.15) is 0 Å². The van der Waals surface area contributed by atoms with Crippen LogP contribution in [0.1, 0.15) is 26.7 Å². The standard InChI is InChI=1S/C22H31N3O2S/c1-3-14-25(15-4-2)21-18-19(24-16-12-23-13-17-24)10-11-22(21)28(26,27)20-8-6-5-7-9-20/h5-11,18,23H,3-4,12-17H2,1-2H3. The van der Waals surface area contributed by atoms with Crippen LogP contribution in [0, 0.1) is 0 Å². The predicted octanol–water partition coefficient (Wildman–Crippen LogP) is 3.56. The van der Waals surface area contributed by atoms with Crippen LogP contribution in [0.15, 0.2) is 58.3 Å². The molecule has 28 heavy (non-hydrogen) atoms. The number of hydrogen-bond acceptors (Lipinski definition) is 5. The van der Waals surface area contributed by atoms with Crippen LogP contribution < -0.4 is 15.1 Å². The van der Waals surface area contributed by atoms with Crippen molar-refractivity contribution in [1.29, 1.82) is 0 Å². The van der Waals surface area contributed by atoms with Gasteiger partial charge >= 0.3 is 0 Å². The van der Waals surface area contributed by atoms with E-state index in [1.165, 1.54) is 0 Å².